The van der Waals surface area contributed by atoms with E-state index in [1.807, 2.05) is 10.8 Å². The minimum absolute atomic E-state index is 0.0420. The average molecular weight is 378 g/mol. The molecule has 1 amide bonds. The van der Waals surface area contributed by atoms with Crippen molar-refractivity contribution in [1.29, 1.82) is 0 Å². The van der Waals surface area contributed by atoms with Crippen LogP contribution in [0.3, 0.4) is 0 Å². The first kappa shape index (κ1) is 18.1. The van der Waals surface area contributed by atoms with Crippen LogP contribution in [0.25, 0.3) is 11.3 Å². The van der Waals surface area contributed by atoms with Crippen LogP contribution in [-0.2, 0) is 24.3 Å². The molecule has 2 heterocycles. The second kappa shape index (κ2) is 7.38. The molecule has 0 atom stereocenters. The lowest BCUT2D eigenvalue weighted by molar-refractivity contribution is -0.690. The van der Waals surface area contributed by atoms with Crippen LogP contribution in [0, 0.1) is 5.82 Å². The van der Waals surface area contributed by atoms with Crippen LogP contribution in [0.2, 0.25) is 0 Å². The first-order valence-corrected chi connectivity index (χ1v) is 9.30. The number of Topliss-reactive ketones (excluding diaryl/α,β-unsaturated/α-hetero) is 1. The largest absolute Gasteiger partial charge is 0.323 e. The molecule has 0 spiro atoms. The fourth-order valence-corrected chi connectivity index (χ4v) is 3.67. The quantitative estimate of drug-likeness (QED) is 0.547. The smallest absolute Gasteiger partial charge is 0.266 e. The van der Waals surface area contributed by atoms with Gasteiger partial charge in [-0.15, -0.1) is 0 Å². The Morgan fingerprint density at radius 1 is 1.18 bits per heavy atom. The molecule has 2 aromatic carbocycles. The Bertz CT molecular complexity index is 1050. The van der Waals surface area contributed by atoms with Gasteiger partial charge in [-0.05, 0) is 49.7 Å². The van der Waals surface area contributed by atoms with E-state index in [1.165, 1.54) is 19.1 Å². The number of ketones is 1. The lowest BCUT2D eigenvalue weighted by Crippen LogP contribution is -2.42. The Kier molecular flexibility index (Phi) is 4.77. The summed E-state index contributed by atoms with van der Waals surface area (Å²) in [6.07, 6.45) is 3.87. The van der Waals surface area contributed by atoms with Crippen LogP contribution in [-0.4, -0.2) is 16.3 Å². The number of fused-ring (bicyclic) bond motifs is 1. The molecule has 0 radical (unpaired) electrons. The number of carbonyl (C=O) groups is 2. The fourth-order valence-electron chi connectivity index (χ4n) is 3.67. The van der Waals surface area contributed by atoms with Gasteiger partial charge in [0.1, 0.15) is 12.0 Å². The number of nitrogens with one attached hydrogen (secondary N) is 1. The molecule has 0 fully saturated rings. The Labute approximate surface area is 162 Å². The van der Waals surface area contributed by atoms with E-state index in [4.69, 9.17) is 0 Å². The van der Waals surface area contributed by atoms with Crippen molar-refractivity contribution in [3.63, 3.8) is 0 Å². The van der Waals surface area contributed by atoms with Crippen molar-refractivity contribution in [3.05, 3.63) is 71.9 Å². The Balaban J connectivity index is 1.56. The number of anilines is 1. The number of benzene rings is 2. The monoisotopic (exact) mass is 378 g/mol. The van der Waals surface area contributed by atoms with Crippen molar-refractivity contribution >= 4 is 17.4 Å². The van der Waals surface area contributed by atoms with Gasteiger partial charge in [0.25, 0.3) is 11.7 Å². The van der Waals surface area contributed by atoms with Crippen LogP contribution in [0.5, 0.6) is 0 Å². The van der Waals surface area contributed by atoms with Gasteiger partial charge in [-0.2, -0.15) is 0 Å². The van der Waals surface area contributed by atoms with Gasteiger partial charge in [-0.3, -0.25) is 9.59 Å². The van der Waals surface area contributed by atoms with Gasteiger partial charge in [0, 0.05) is 16.8 Å². The van der Waals surface area contributed by atoms with Crippen LogP contribution in [0.4, 0.5) is 10.1 Å². The normalized spacial score (nSPS) is 12.6. The van der Waals surface area contributed by atoms with Crippen molar-refractivity contribution in [2.45, 2.75) is 32.9 Å². The van der Waals surface area contributed by atoms with E-state index in [-0.39, 0.29) is 24.1 Å². The minimum Gasteiger partial charge on any atom is -0.323 e. The number of nitrogens with zero attached hydrogens (tertiary/aromatic N) is 2. The summed E-state index contributed by atoms with van der Waals surface area (Å²) in [6, 6.07) is 13.3. The SMILES string of the molecule is CC(=O)c1cccc(NC(=O)C[n+]2cc(-c3ccc(F)cc3)n3c2CCC3)c1. The number of imidazole rings is 1. The van der Waals surface area contributed by atoms with Crippen molar-refractivity contribution < 1.29 is 18.5 Å². The number of hydrogen-bond acceptors (Lipinski definition) is 2. The fraction of sp³-hybridized carbons (Fsp3) is 0.227. The third-order valence-corrected chi connectivity index (χ3v) is 5.00. The van der Waals surface area contributed by atoms with Crippen LogP contribution < -0.4 is 9.88 Å². The minimum atomic E-state index is -0.267. The molecule has 1 aromatic heterocycles. The average Bonchev–Trinajstić information content (AvgIpc) is 3.27. The molecule has 1 aliphatic rings. The molecular formula is C22H21FN3O2+. The maximum Gasteiger partial charge on any atom is 0.266 e. The Morgan fingerprint density at radius 3 is 2.71 bits per heavy atom. The molecule has 5 nitrogen and oxygen atoms in total. The standard InChI is InChI=1S/C22H20FN3O2/c1-15(27)17-4-2-5-19(12-17)24-21(28)14-25-13-20(26-11-3-6-22(25)26)16-7-9-18(23)10-8-16/h2,4-5,7-10,12-13H,3,6,11,14H2,1H3/p+1. The molecule has 142 valence electrons. The lowest BCUT2D eigenvalue weighted by atomic mass is 10.1. The zero-order chi connectivity index (χ0) is 19.7. The molecule has 0 unspecified atom stereocenters. The molecule has 6 heteroatoms. The number of amides is 1. The molecule has 0 aliphatic carbocycles. The van der Waals surface area contributed by atoms with Crippen molar-refractivity contribution in [3.8, 4) is 11.3 Å². The van der Waals surface area contributed by atoms with E-state index in [0.717, 1.165) is 36.5 Å². The van der Waals surface area contributed by atoms with Crippen molar-refractivity contribution in [1.82, 2.24) is 4.57 Å². The van der Waals surface area contributed by atoms with E-state index in [2.05, 4.69) is 9.88 Å². The summed E-state index contributed by atoms with van der Waals surface area (Å²) in [5, 5.41) is 2.86. The predicted octanol–water partition coefficient (Wildman–Crippen LogP) is 3.37. The van der Waals surface area contributed by atoms with E-state index in [1.54, 1.807) is 36.4 Å². The number of carbonyl (C=O) groups excluding carboxylic acids is 2. The molecule has 0 bridgehead atoms. The Morgan fingerprint density at radius 2 is 1.96 bits per heavy atom. The lowest BCUT2D eigenvalue weighted by Gasteiger charge is -2.05. The van der Waals surface area contributed by atoms with Crippen LogP contribution >= 0.6 is 0 Å². The van der Waals surface area contributed by atoms with Gasteiger partial charge in [0.2, 0.25) is 0 Å². The summed E-state index contributed by atoms with van der Waals surface area (Å²) in [5.41, 5.74) is 3.08. The van der Waals surface area contributed by atoms with Crippen molar-refractivity contribution in [2.75, 3.05) is 5.32 Å². The van der Waals surface area contributed by atoms with Crippen LogP contribution in [0.15, 0.2) is 54.7 Å². The molecule has 28 heavy (non-hydrogen) atoms. The molecule has 3 aromatic rings. The maximum atomic E-state index is 13.3. The number of halogens is 1. The third-order valence-electron chi connectivity index (χ3n) is 5.00. The molecule has 1 aliphatic heterocycles. The van der Waals surface area contributed by atoms with Gasteiger partial charge in [-0.25, -0.2) is 13.5 Å². The molecule has 0 saturated heterocycles. The van der Waals surface area contributed by atoms with Gasteiger partial charge in [0.15, 0.2) is 18.0 Å². The second-order valence-corrected chi connectivity index (χ2v) is 7.01. The first-order chi connectivity index (χ1) is 13.5. The van der Waals surface area contributed by atoms with Gasteiger partial charge in [-0.1, -0.05) is 12.1 Å². The van der Waals surface area contributed by atoms with E-state index in [9.17, 15) is 14.0 Å². The molecular weight excluding hydrogens is 357 g/mol. The molecule has 1 N–H and O–H groups in total. The zero-order valence-corrected chi connectivity index (χ0v) is 15.6. The highest BCUT2D eigenvalue weighted by atomic mass is 19.1. The van der Waals surface area contributed by atoms with E-state index >= 15 is 0 Å². The molecule has 0 saturated carbocycles. The highest BCUT2D eigenvalue weighted by Crippen LogP contribution is 2.25. The highest BCUT2D eigenvalue weighted by Gasteiger charge is 2.29. The first-order valence-electron chi connectivity index (χ1n) is 9.30. The van der Waals surface area contributed by atoms with Gasteiger partial charge >= 0.3 is 0 Å². The summed E-state index contributed by atoms with van der Waals surface area (Å²) in [6.45, 7) is 2.57. The van der Waals surface area contributed by atoms with Gasteiger partial charge in [0.05, 0.1) is 13.0 Å². The third kappa shape index (κ3) is 3.58. The number of aromatic nitrogens is 2. The summed E-state index contributed by atoms with van der Waals surface area (Å²) in [7, 11) is 0. The summed E-state index contributed by atoms with van der Waals surface area (Å²) >= 11 is 0. The summed E-state index contributed by atoms with van der Waals surface area (Å²) in [5.74, 6) is 0.625. The highest BCUT2D eigenvalue weighted by molar-refractivity contribution is 5.96. The number of hydrogen-bond donors (Lipinski definition) is 1. The maximum absolute atomic E-state index is 13.3. The van der Waals surface area contributed by atoms with Gasteiger partial charge < -0.3 is 5.32 Å². The second-order valence-electron chi connectivity index (χ2n) is 7.01. The predicted molar refractivity (Wildman–Crippen MR) is 103 cm³/mol. The van der Waals surface area contributed by atoms with Crippen LogP contribution in [0.1, 0.15) is 29.5 Å². The van der Waals surface area contributed by atoms with E-state index < -0.39 is 0 Å². The van der Waals surface area contributed by atoms with Crippen molar-refractivity contribution in [2.24, 2.45) is 0 Å². The topological polar surface area (TPSA) is 55.0 Å². The van der Waals surface area contributed by atoms with E-state index in [0.29, 0.717) is 11.3 Å². The Hall–Kier alpha value is -3.28. The summed E-state index contributed by atoms with van der Waals surface area (Å²) < 4.78 is 17.4. The molecule has 4 rings (SSSR count). The zero-order valence-electron chi connectivity index (χ0n) is 15.6. The summed E-state index contributed by atoms with van der Waals surface area (Å²) in [4.78, 5) is 24.1. The number of rotatable bonds is 5.